The van der Waals surface area contributed by atoms with Gasteiger partial charge in [-0.1, -0.05) is 0 Å². The van der Waals surface area contributed by atoms with Crippen molar-refractivity contribution in [3.63, 3.8) is 0 Å². The Labute approximate surface area is 286 Å². The largest absolute Gasteiger partial charge is 0.394 e. The lowest BCUT2D eigenvalue weighted by Gasteiger charge is -2.47. The maximum Gasteiger partial charge on any atom is 0.187 e. The summed E-state index contributed by atoms with van der Waals surface area (Å²) in [7, 11) is 0. The van der Waals surface area contributed by atoms with E-state index in [0.717, 1.165) is 0 Å². The van der Waals surface area contributed by atoms with Crippen LogP contribution in [0.5, 0.6) is 0 Å². The van der Waals surface area contributed by atoms with Crippen LogP contribution in [0, 0.1) is 0 Å². The Morgan fingerprint density at radius 2 is 1.18 bits per heavy atom. The highest BCUT2D eigenvalue weighted by Gasteiger charge is 2.53. The quantitative estimate of drug-likeness (QED) is 0.0937. The topological polar surface area (TPSA) is 386 Å². The lowest BCUT2D eigenvalue weighted by atomic mass is 9.84. The summed E-state index contributed by atoms with van der Waals surface area (Å²) in [6.07, 6.45) is -24.1. The van der Waals surface area contributed by atoms with E-state index in [0.29, 0.717) is 0 Å². The van der Waals surface area contributed by atoms with Crippen molar-refractivity contribution in [2.24, 2.45) is 28.7 Å². The maximum atomic E-state index is 11.2. The number of ether oxygens (including phenoxy) is 8. The summed E-state index contributed by atoms with van der Waals surface area (Å²) >= 11 is 0. The van der Waals surface area contributed by atoms with Crippen molar-refractivity contribution in [2.75, 3.05) is 26.4 Å². The lowest BCUT2D eigenvalue weighted by molar-refractivity contribution is -0.347. The van der Waals surface area contributed by atoms with Crippen LogP contribution in [0.1, 0.15) is 12.8 Å². The van der Waals surface area contributed by atoms with Crippen LogP contribution in [0.4, 0.5) is 0 Å². The second-order valence-corrected chi connectivity index (χ2v) is 13.5. The van der Waals surface area contributed by atoms with Crippen LogP contribution in [0.25, 0.3) is 0 Å². The first kappa shape index (κ1) is 40.3. The van der Waals surface area contributed by atoms with Crippen LogP contribution in [-0.4, -0.2) is 207 Å². The van der Waals surface area contributed by atoms with Gasteiger partial charge in [0, 0.05) is 25.0 Å². The smallest absolute Gasteiger partial charge is 0.187 e. The highest BCUT2D eigenvalue weighted by Crippen LogP contribution is 2.33. The van der Waals surface area contributed by atoms with E-state index >= 15 is 0 Å². The normalized spacial score (nSPS) is 53.4. The number of hydrogen-bond acceptors (Lipinski definition) is 22. The van der Waals surface area contributed by atoms with Crippen LogP contribution in [0.15, 0.2) is 0 Å². The van der Waals surface area contributed by atoms with Gasteiger partial charge in [-0.3, -0.25) is 0 Å². The molecule has 1 aliphatic carbocycles. The molecule has 0 amide bonds. The van der Waals surface area contributed by atoms with Gasteiger partial charge in [0.2, 0.25) is 0 Å². The minimum atomic E-state index is -1.76. The van der Waals surface area contributed by atoms with Crippen molar-refractivity contribution in [2.45, 2.75) is 148 Å². The molecule has 4 aliphatic heterocycles. The minimum Gasteiger partial charge on any atom is -0.394 e. The molecule has 292 valence electrons. The van der Waals surface area contributed by atoms with E-state index in [2.05, 4.69) is 0 Å². The van der Waals surface area contributed by atoms with Crippen molar-refractivity contribution < 1.29 is 83.9 Å². The maximum absolute atomic E-state index is 11.2. The fraction of sp³-hybridized carbons (Fsp3) is 1.00. The van der Waals surface area contributed by atoms with Gasteiger partial charge in [0.25, 0.3) is 0 Å². The Morgan fingerprint density at radius 3 is 1.84 bits per heavy atom. The fourth-order valence-electron chi connectivity index (χ4n) is 6.83. The van der Waals surface area contributed by atoms with Crippen LogP contribution in [0.3, 0.4) is 0 Å². The Bertz CT molecular complexity index is 1070. The molecule has 19 N–H and O–H groups in total. The predicted octanol–water partition coefficient (Wildman–Crippen LogP) is -9.37. The third kappa shape index (κ3) is 8.27. The van der Waals surface area contributed by atoms with Gasteiger partial charge in [-0.05, 0) is 6.42 Å². The summed E-state index contributed by atoms with van der Waals surface area (Å²) in [4.78, 5) is 0. The summed E-state index contributed by atoms with van der Waals surface area (Å²) in [6.45, 7) is -1.63. The molecule has 22 unspecified atom stereocenters. The molecule has 22 heteroatoms. The average Bonchev–Trinajstić information content (AvgIpc) is 3.44. The first-order valence-electron chi connectivity index (χ1n) is 16.6. The zero-order chi connectivity index (χ0) is 36.6. The number of aliphatic hydroxyl groups is 9. The molecule has 0 spiro atoms. The van der Waals surface area contributed by atoms with Crippen molar-refractivity contribution in [3.05, 3.63) is 0 Å². The van der Waals surface area contributed by atoms with Crippen LogP contribution in [-0.2, 0) is 37.9 Å². The van der Waals surface area contributed by atoms with Crippen LogP contribution >= 0.6 is 0 Å². The monoisotopic (exact) mass is 731 g/mol. The second kappa shape index (κ2) is 17.1. The third-order valence-corrected chi connectivity index (χ3v) is 9.93. The molecule has 0 radical (unpaired) electrons. The Balaban J connectivity index is 1.22. The van der Waals surface area contributed by atoms with Crippen molar-refractivity contribution in [1.82, 2.24) is 0 Å². The molecule has 50 heavy (non-hydrogen) atoms. The Hall–Kier alpha value is -0.880. The number of hydrogen-bond donors (Lipinski definition) is 14. The van der Waals surface area contributed by atoms with Gasteiger partial charge in [0.15, 0.2) is 25.2 Å². The van der Waals surface area contributed by atoms with Crippen molar-refractivity contribution >= 4 is 0 Å². The predicted molar refractivity (Wildman–Crippen MR) is 162 cm³/mol. The van der Waals surface area contributed by atoms with Gasteiger partial charge < -0.3 is 113 Å². The SMILES string of the molecule is NCC1OC(OC2COC(OC3C(O)C(N)CC(N)C3OC3OC(CO)CC(O)C3N)C2O)C(N)C(O)C1OC1OC(CO)C(O)C(O)C1O. The van der Waals surface area contributed by atoms with E-state index in [-0.39, 0.29) is 26.0 Å². The first-order chi connectivity index (χ1) is 23.7. The van der Waals surface area contributed by atoms with Crippen molar-refractivity contribution in [1.29, 1.82) is 0 Å². The average molecular weight is 732 g/mol. The van der Waals surface area contributed by atoms with Gasteiger partial charge in [0.1, 0.15) is 67.1 Å². The number of nitrogens with two attached hydrogens (primary N) is 5. The van der Waals surface area contributed by atoms with Crippen molar-refractivity contribution in [3.8, 4) is 0 Å². The summed E-state index contributed by atoms with van der Waals surface area (Å²) < 4.78 is 46.2. The standard InChI is InChI=1S/C28H53N5O17/c29-3-11-23(49-28-21(42)20(41)17(38)12(5-35)46-28)19(40)15(33)26(45-11)47-13-6-43-27(18(13)39)50-24-16(37)8(30)2-9(31)22(24)48-25-14(32)10(36)1-7(4-34)44-25/h7-28,34-42H,1-6,29-33H2. The molecular weight excluding hydrogens is 678 g/mol. The molecule has 4 saturated heterocycles. The molecule has 22 atom stereocenters. The van der Waals surface area contributed by atoms with Gasteiger partial charge in [-0.15, -0.1) is 0 Å². The number of aliphatic hydroxyl groups excluding tert-OH is 9. The van der Waals surface area contributed by atoms with Gasteiger partial charge in [-0.2, -0.15) is 0 Å². The highest BCUT2D eigenvalue weighted by molar-refractivity contribution is 5.01. The molecule has 1 saturated carbocycles. The molecule has 5 aliphatic rings. The van der Waals surface area contributed by atoms with E-state index in [1.54, 1.807) is 0 Å². The first-order valence-corrected chi connectivity index (χ1v) is 16.6. The Morgan fingerprint density at radius 1 is 0.540 bits per heavy atom. The van der Waals surface area contributed by atoms with E-state index in [4.69, 9.17) is 66.6 Å². The summed E-state index contributed by atoms with van der Waals surface area (Å²) in [5.41, 5.74) is 30.7. The molecule has 0 bridgehead atoms. The second-order valence-electron chi connectivity index (χ2n) is 13.5. The zero-order valence-corrected chi connectivity index (χ0v) is 27.1. The summed E-state index contributed by atoms with van der Waals surface area (Å²) in [5, 5.41) is 93.2. The summed E-state index contributed by atoms with van der Waals surface area (Å²) in [5.74, 6) is 0. The molecule has 5 rings (SSSR count). The van der Waals surface area contributed by atoms with Gasteiger partial charge in [0.05, 0.1) is 50.2 Å². The molecule has 22 nitrogen and oxygen atoms in total. The molecule has 0 aromatic rings. The molecule has 5 fully saturated rings. The van der Waals surface area contributed by atoms with Gasteiger partial charge >= 0.3 is 0 Å². The highest BCUT2D eigenvalue weighted by atomic mass is 16.8. The van der Waals surface area contributed by atoms with E-state index in [9.17, 15) is 46.0 Å². The van der Waals surface area contributed by atoms with Crippen LogP contribution in [0.2, 0.25) is 0 Å². The third-order valence-electron chi connectivity index (χ3n) is 9.93. The Kier molecular flexibility index (Phi) is 13.8. The molecule has 0 aromatic heterocycles. The van der Waals surface area contributed by atoms with Gasteiger partial charge in [-0.25, -0.2) is 0 Å². The van der Waals surface area contributed by atoms with Crippen LogP contribution < -0.4 is 28.7 Å². The van der Waals surface area contributed by atoms with E-state index in [1.165, 1.54) is 0 Å². The zero-order valence-electron chi connectivity index (χ0n) is 27.1. The fourth-order valence-corrected chi connectivity index (χ4v) is 6.83. The molecule has 0 aromatic carbocycles. The van der Waals surface area contributed by atoms with E-state index in [1.807, 2.05) is 0 Å². The lowest BCUT2D eigenvalue weighted by Crippen LogP contribution is -2.67. The van der Waals surface area contributed by atoms with E-state index < -0.39 is 148 Å². The summed E-state index contributed by atoms with van der Waals surface area (Å²) in [6, 6.07) is -4.00. The minimum absolute atomic E-state index is 0.0779. The number of rotatable bonds is 11. The molecule has 4 heterocycles. The molecular formula is C28H53N5O17.